The zero-order valence-corrected chi connectivity index (χ0v) is 11.8. The Bertz CT molecular complexity index is 548. The third-order valence-corrected chi connectivity index (χ3v) is 2.90. The van der Waals surface area contributed by atoms with Crippen molar-refractivity contribution in [3.05, 3.63) is 34.9 Å². The lowest BCUT2D eigenvalue weighted by Crippen LogP contribution is -2.21. The normalized spacial score (nSPS) is 12.2. The van der Waals surface area contributed by atoms with Crippen LogP contribution in [0.25, 0.3) is 5.70 Å². The molecular weight excluding hydrogens is 269 g/mol. The first-order valence-electron chi connectivity index (χ1n) is 5.91. The van der Waals surface area contributed by atoms with E-state index in [1.165, 1.54) is 14.2 Å². The van der Waals surface area contributed by atoms with Gasteiger partial charge in [0.2, 0.25) is 0 Å². The van der Waals surface area contributed by atoms with E-state index in [-0.39, 0.29) is 5.70 Å². The number of nitrogens with one attached hydrogen (secondary N) is 2. The van der Waals surface area contributed by atoms with Crippen LogP contribution in [0.4, 0.5) is 13.2 Å². The third-order valence-electron chi connectivity index (χ3n) is 2.90. The Hall–Kier alpha value is -1.98. The second-order valence-electron chi connectivity index (χ2n) is 4.36. The van der Waals surface area contributed by atoms with E-state index in [4.69, 9.17) is 10.1 Å². The number of benzene rings is 1. The minimum absolute atomic E-state index is 0.246. The molecule has 0 aliphatic rings. The molecule has 0 saturated heterocycles. The monoisotopic (exact) mass is 286 g/mol. The van der Waals surface area contributed by atoms with E-state index >= 15 is 0 Å². The lowest BCUT2D eigenvalue weighted by molar-refractivity contribution is -0.0583. The third kappa shape index (κ3) is 3.53. The Morgan fingerprint density at radius 1 is 1.25 bits per heavy atom. The molecule has 1 aromatic carbocycles. The van der Waals surface area contributed by atoms with E-state index < -0.39 is 11.9 Å². The summed E-state index contributed by atoms with van der Waals surface area (Å²) in [5, 5.41) is 9.77. The molecule has 0 aromatic heterocycles. The van der Waals surface area contributed by atoms with E-state index in [1.54, 1.807) is 19.1 Å². The van der Waals surface area contributed by atoms with Crippen LogP contribution in [0.15, 0.2) is 18.2 Å². The number of allylic oxidation sites excluding steroid dienone is 1. The van der Waals surface area contributed by atoms with Crippen molar-refractivity contribution in [3.63, 3.8) is 0 Å². The maximum absolute atomic E-state index is 12.4. The van der Waals surface area contributed by atoms with Gasteiger partial charge in [-0.05, 0) is 43.2 Å². The van der Waals surface area contributed by atoms with Gasteiger partial charge in [0.05, 0.1) is 7.11 Å². The van der Waals surface area contributed by atoms with E-state index in [0.29, 0.717) is 11.3 Å². The summed E-state index contributed by atoms with van der Waals surface area (Å²) in [4.78, 5) is 0. The Morgan fingerprint density at radius 3 is 2.30 bits per heavy atom. The Morgan fingerprint density at radius 2 is 1.85 bits per heavy atom. The van der Waals surface area contributed by atoms with Crippen molar-refractivity contribution >= 4 is 11.4 Å². The molecule has 0 spiro atoms. The van der Waals surface area contributed by atoms with Crippen molar-refractivity contribution in [2.75, 3.05) is 14.2 Å². The molecule has 0 fully saturated rings. The molecule has 6 heteroatoms. The van der Waals surface area contributed by atoms with E-state index in [1.807, 2.05) is 6.92 Å². The molecule has 0 saturated carbocycles. The zero-order chi connectivity index (χ0) is 15.5. The average molecular weight is 286 g/mol. The molecule has 1 aromatic rings. The number of halogens is 3. The van der Waals surface area contributed by atoms with Crippen molar-refractivity contribution in [1.82, 2.24) is 5.32 Å². The molecule has 20 heavy (non-hydrogen) atoms. The van der Waals surface area contributed by atoms with E-state index in [0.717, 1.165) is 17.2 Å². The minimum atomic E-state index is -4.66. The Labute approximate surface area is 116 Å². The number of rotatable bonds is 4. The van der Waals surface area contributed by atoms with Crippen LogP contribution in [-0.2, 0) is 0 Å². The van der Waals surface area contributed by atoms with Gasteiger partial charge in [-0.2, -0.15) is 13.2 Å². The number of ether oxygens (including phenoxy) is 1. The predicted molar refractivity (Wildman–Crippen MR) is 73.3 cm³/mol. The number of hydrogen-bond acceptors (Lipinski definition) is 3. The first kappa shape index (κ1) is 16.1. The molecule has 110 valence electrons. The summed E-state index contributed by atoms with van der Waals surface area (Å²) in [7, 11) is 3.06. The fourth-order valence-corrected chi connectivity index (χ4v) is 1.81. The molecule has 0 amide bonds. The van der Waals surface area contributed by atoms with Gasteiger partial charge in [0.15, 0.2) is 0 Å². The highest BCUT2D eigenvalue weighted by molar-refractivity contribution is 6.02. The van der Waals surface area contributed by atoms with Crippen LogP contribution >= 0.6 is 0 Å². The van der Waals surface area contributed by atoms with Crippen molar-refractivity contribution in [2.45, 2.75) is 20.0 Å². The molecule has 0 bridgehead atoms. The van der Waals surface area contributed by atoms with Gasteiger partial charge in [-0.1, -0.05) is 0 Å². The standard InChI is InChI=1S/C14H17F3N2O/c1-8-6-12(20-4)9(2)5-10(8)11(19-3)7-13(18)14(15,16)17/h5-7,18-19H,1-4H3/b11-7-,18-13?. The van der Waals surface area contributed by atoms with Crippen LogP contribution in [0, 0.1) is 19.3 Å². The van der Waals surface area contributed by atoms with Crippen molar-refractivity contribution in [2.24, 2.45) is 0 Å². The topological polar surface area (TPSA) is 45.1 Å². The highest BCUT2D eigenvalue weighted by Gasteiger charge is 2.33. The second-order valence-corrected chi connectivity index (χ2v) is 4.36. The van der Waals surface area contributed by atoms with Crippen molar-refractivity contribution in [1.29, 1.82) is 5.41 Å². The number of methoxy groups -OCH3 is 1. The summed E-state index contributed by atoms with van der Waals surface area (Å²) in [6, 6.07) is 3.49. The van der Waals surface area contributed by atoms with Crippen LogP contribution in [0.5, 0.6) is 5.75 Å². The van der Waals surface area contributed by atoms with Gasteiger partial charge in [-0.15, -0.1) is 0 Å². The molecule has 3 nitrogen and oxygen atoms in total. The fourth-order valence-electron chi connectivity index (χ4n) is 1.81. The average Bonchev–Trinajstić information content (AvgIpc) is 2.37. The smallest absolute Gasteiger partial charge is 0.432 e. The predicted octanol–water partition coefficient (Wildman–Crippen LogP) is 3.45. The molecular formula is C14H17F3N2O. The van der Waals surface area contributed by atoms with Gasteiger partial charge >= 0.3 is 6.18 Å². The summed E-state index contributed by atoms with van der Waals surface area (Å²) < 4.78 is 42.5. The summed E-state index contributed by atoms with van der Waals surface area (Å²) in [6.45, 7) is 3.59. The Kier molecular flexibility index (Phi) is 4.81. The Balaban J connectivity index is 3.30. The SMILES string of the molecule is CN/C(=C\C(=N)C(F)(F)F)c1cc(C)c(OC)cc1C. The maximum atomic E-state index is 12.4. The van der Waals surface area contributed by atoms with Crippen LogP contribution in [-0.4, -0.2) is 26.0 Å². The zero-order valence-electron chi connectivity index (χ0n) is 11.8. The molecule has 0 radical (unpaired) electrons. The summed E-state index contributed by atoms with van der Waals surface area (Å²) in [5.74, 6) is 0.674. The maximum Gasteiger partial charge on any atom is 0.432 e. The molecule has 0 aliphatic heterocycles. The minimum Gasteiger partial charge on any atom is -0.496 e. The highest BCUT2D eigenvalue weighted by Crippen LogP contribution is 2.27. The van der Waals surface area contributed by atoms with Gasteiger partial charge in [0.1, 0.15) is 11.5 Å². The quantitative estimate of drug-likeness (QED) is 0.833. The molecule has 0 unspecified atom stereocenters. The summed E-state index contributed by atoms with van der Waals surface area (Å²) in [6.07, 6.45) is -3.87. The summed E-state index contributed by atoms with van der Waals surface area (Å²) in [5.41, 5.74) is 1.04. The van der Waals surface area contributed by atoms with Crippen molar-refractivity contribution in [3.8, 4) is 5.75 Å². The van der Waals surface area contributed by atoms with Gasteiger partial charge < -0.3 is 10.1 Å². The lowest BCUT2D eigenvalue weighted by Gasteiger charge is -2.15. The largest absolute Gasteiger partial charge is 0.496 e. The molecule has 0 atom stereocenters. The van der Waals surface area contributed by atoms with Gasteiger partial charge in [0.25, 0.3) is 0 Å². The van der Waals surface area contributed by atoms with Crippen LogP contribution < -0.4 is 10.1 Å². The van der Waals surface area contributed by atoms with Crippen molar-refractivity contribution < 1.29 is 17.9 Å². The highest BCUT2D eigenvalue weighted by atomic mass is 19.4. The molecule has 0 heterocycles. The first-order chi connectivity index (χ1) is 9.20. The van der Waals surface area contributed by atoms with Crippen LogP contribution in [0.3, 0.4) is 0 Å². The van der Waals surface area contributed by atoms with E-state index in [9.17, 15) is 13.2 Å². The summed E-state index contributed by atoms with van der Waals surface area (Å²) >= 11 is 0. The number of aryl methyl sites for hydroxylation is 2. The lowest BCUT2D eigenvalue weighted by atomic mass is 10.0. The molecule has 2 N–H and O–H groups in total. The number of alkyl halides is 3. The fraction of sp³-hybridized carbons (Fsp3) is 0.357. The molecule has 1 rings (SSSR count). The number of hydrogen-bond donors (Lipinski definition) is 2. The molecule has 0 aliphatic carbocycles. The van der Waals surface area contributed by atoms with Gasteiger partial charge in [-0.3, -0.25) is 5.41 Å². The van der Waals surface area contributed by atoms with Gasteiger partial charge in [0, 0.05) is 18.3 Å². The van der Waals surface area contributed by atoms with E-state index in [2.05, 4.69) is 5.32 Å². The first-order valence-corrected chi connectivity index (χ1v) is 5.91. The van der Waals surface area contributed by atoms with Crippen LogP contribution in [0.1, 0.15) is 16.7 Å². The van der Waals surface area contributed by atoms with Gasteiger partial charge in [-0.25, -0.2) is 0 Å². The second kappa shape index (κ2) is 5.98. The van der Waals surface area contributed by atoms with Crippen LogP contribution in [0.2, 0.25) is 0 Å².